The topological polar surface area (TPSA) is 82.9 Å². The quantitative estimate of drug-likeness (QED) is 0.870. The van der Waals surface area contributed by atoms with Gasteiger partial charge in [-0.3, -0.25) is 9.59 Å². The molecule has 0 aliphatic carbocycles. The second-order valence-electron chi connectivity index (χ2n) is 4.84. The summed E-state index contributed by atoms with van der Waals surface area (Å²) in [5, 5.41) is 14.7. The van der Waals surface area contributed by atoms with Crippen molar-refractivity contribution in [3.63, 3.8) is 0 Å². The fraction of sp³-hybridized carbons (Fsp3) is 0.250. The summed E-state index contributed by atoms with van der Waals surface area (Å²) >= 11 is 7.13. The van der Waals surface area contributed by atoms with Crippen LogP contribution in [0.15, 0.2) is 29.6 Å². The maximum atomic E-state index is 12.1. The second-order valence-corrected chi connectivity index (χ2v) is 6.17. The van der Waals surface area contributed by atoms with Gasteiger partial charge in [0.1, 0.15) is 5.01 Å². The zero-order valence-corrected chi connectivity index (χ0v) is 13.9. The smallest absolute Gasteiger partial charge is 0.216 e. The summed E-state index contributed by atoms with van der Waals surface area (Å²) in [5.74, 6) is -1.36. The molecule has 0 radical (unpaired) electrons. The van der Waals surface area contributed by atoms with Crippen molar-refractivity contribution < 1.29 is 9.59 Å². The van der Waals surface area contributed by atoms with E-state index < -0.39 is 5.92 Å². The van der Waals surface area contributed by atoms with Crippen LogP contribution in [0.25, 0.3) is 11.3 Å². The highest BCUT2D eigenvalue weighted by atomic mass is 35.5. The molecular weight excluding hydrogens is 334 g/mol. The van der Waals surface area contributed by atoms with Crippen LogP contribution in [0.1, 0.15) is 24.3 Å². The van der Waals surface area contributed by atoms with E-state index in [4.69, 9.17) is 11.6 Å². The van der Waals surface area contributed by atoms with E-state index in [0.717, 1.165) is 5.56 Å². The van der Waals surface area contributed by atoms with Crippen molar-refractivity contribution in [3.8, 4) is 17.3 Å². The Morgan fingerprint density at radius 2 is 2.09 bits per heavy atom. The number of nitriles is 1. The minimum Gasteiger partial charge on any atom is -0.356 e. The summed E-state index contributed by atoms with van der Waals surface area (Å²) in [4.78, 5) is 27.3. The number of hydrogen-bond donors (Lipinski definition) is 1. The number of halogens is 1. The molecule has 0 unspecified atom stereocenters. The SMILES string of the molecule is CC(=O)NCCC(=O)[C@@H](C#N)c1nc(-c2ccc(Cl)cc2)cs1. The van der Waals surface area contributed by atoms with Crippen LogP contribution in [-0.2, 0) is 9.59 Å². The van der Waals surface area contributed by atoms with E-state index in [0.29, 0.717) is 15.7 Å². The number of benzene rings is 1. The van der Waals surface area contributed by atoms with Crippen molar-refractivity contribution in [2.75, 3.05) is 6.54 Å². The number of nitrogens with one attached hydrogen (secondary N) is 1. The number of amides is 1. The molecule has 0 saturated carbocycles. The Balaban J connectivity index is 2.10. The van der Waals surface area contributed by atoms with Crippen LogP contribution in [0.3, 0.4) is 0 Å². The number of Topliss-reactive ketones (excluding diaryl/α,β-unsaturated/α-hetero) is 1. The van der Waals surface area contributed by atoms with E-state index in [-0.39, 0.29) is 24.7 Å². The first kappa shape index (κ1) is 17.1. The van der Waals surface area contributed by atoms with Gasteiger partial charge in [0, 0.05) is 35.9 Å². The molecule has 0 aliphatic heterocycles. The second kappa shape index (κ2) is 7.86. The van der Waals surface area contributed by atoms with Gasteiger partial charge < -0.3 is 5.32 Å². The number of carbonyl (C=O) groups is 2. The van der Waals surface area contributed by atoms with Crippen LogP contribution >= 0.6 is 22.9 Å². The van der Waals surface area contributed by atoms with Gasteiger partial charge in [0.25, 0.3) is 0 Å². The molecule has 1 aromatic carbocycles. The zero-order valence-electron chi connectivity index (χ0n) is 12.4. The third kappa shape index (κ3) is 4.62. The molecule has 1 heterocycles. The Labute approximate surface area is 142 Å². The summed E-state index contributed by atoms with van der Waals surface area (Å²) < 4.78 is 0. The van der Waals surface area contributed by atoms with E-state index in [9.17, 15) is 14.9 Å². The van der Waals surface area contributed by atoms with E-state index in [1.165, 1.54) is 18.3 Å². The molecule has 0 fully saturated rings. The van der Waals surface area contributed by atoms with Crippen LogP contribution in [0.4, 0.5) is 0 Å². The maximum absolute atomic E-state index is 12.1. The lowest BCUT2D eigenvalue weighted by molar-refractivity contribution is -0.120. The largest absolute Gasteiger partial charge is 0.356 e. The normalized spacial score (nSPS) is 11.5. The van der Waals surface area contributed by atoms with Crippen molar-refractivity contribution in [3.05, 3.63) is 39.7 Å². The van der Waals surface area contributed by atoms with Crippen LogP contribution in [-0.4, -0.2) is 23.2 Å². The van der Waals surface area contributed by atoms with E-state index in [1.807, 2.05) is 23.6 Å². The van der Waals surface area contributed by atoms with Crippen LogP contribution < -0.4 is 5.32 Å². The van der Waals surface area contributed by atoms with Crippen molar-refractivity contribution in [2.24, 2.45) is 0 Å². The lowest BCUT2D eigenvalue weighted by Gasteiger charge is -2.05. The number of nitrogens with zero attached hydrogens (tertiary/aromatic N) is 2. The molecule has 1 N–H and O–H groups in total. The number of carbonyl (C=O) groups excluding carboxylic acids is 2. The molecule has 23 heavy (non-hydrogen) atoms. The molecule has 1 atom stereocenters. The van der Waals surface area contributed by atoms with Gasteiger partial charge in [0.2, 0.25) is 5.91 Å². The highest BCUT2D eigenvalue weighted by Crippen LogP contribution is 2.28. The van der Waals surface area contributed by atoms with E-state index in [2.05, 4.69) is 10.3 Å². The summed E-state index contributed by atoms with van der Waals surface area (Å²) in [6.45, 7) is 1.60. The monoisotopic (exact) mass is 347 g/mol. The van der Waals surface area contributed by atoms with Crippen LogP contribution in [0.5, 0.6) is 0 Å². The molecular formula is C16H14ClN3O2S. The lowest BCUT2D eigenvalue weighted by Crippen LogP contribution is -2.24. The summed E-state index contributed by atoms with van der Waals surface area (Å²) in [6.07, 6.45) is 0.105. The Bertz CT molecular complexity index is 749. The number of hydrogen-bond acceptors (Lipinski definition) is 5. The van der Waals surface area contributed by atoms with E-state index >= 15 is 0 Å². The molecule has 0 spiro atoms. The highest BCUT2D eigenvalue weighted by molar-refractivity contribution is 7.10. The van der Waals surface area contributed by atoms with Gasteiger partial charge in [-0.2, -0.15) is 5.26 Å². The molecule has 2 rings (SSSR count). The Kier molecular flexibility index (Phi) is 5.85. The number of aromatic nitrogens is 1. The predicted molar refractivity (Wildman–Crippen MR) is 89.2 cm³/mol. The Hall–Kier alpha value is -2.23. The maximum Gasteiger partial charge on any atom is 0.216 e. The Morgan fingerprint density at radius 1 is 1.39 bits per heavy atom. The first-order valence-corrected chi connectivity index (χ1v) is 8.15. The third-order valence-electron chi connectivity index (χ3n) is 3.11. The minimum absolute atomic E-state index is 0.105. The molecule has 0 aliphatic rings. The average Bonchev–Trinajstić information content (AvgIpc) is 2.98. The first-order chi connectivity index (χ1) is 11.0. The summed E-state index contributed by atoms with van der Waals surface area (Å²) in [6, 6.07) is 9.18. The van der Waals surface area contributed by atoms with Crippen molar-refractivity contribution in [1.29, 1.82) is 5.26 Å². The fourth-order valence-electron chi connectivity index (χ4n) is 1.94. The van der Waals surface area contributed by atoms with Gasteiger partial charge in [0.15, 0.2) is 11.7 Å². The molecule has 1 amide bonds. The zero-order chi connectivity index (χ0) is 16.8. The number of rotatable bonds is 6. The third-order valence-corrected chi connectivity index (χ3v) is 4.27. The molecule has 1 aromatic heterocycles. The molecule has 0 bridgehead atoms. The van der Waals surface area contributed by atoms with Gasteiger partial charge in [-0.05, 0) is 12.1 Å². The molecule has 0 saturated heterocycles. The summed E-state index contributed by atoms with van der Waals surface area (Å²) in [7, 11) is 0. The van der Waals surface area contributed by atoms with Crippen molar-refractivity contribution >= 4 is 34.6 Å². The molecule has 5 nitrogen and oxygen atoms in total. The average molecular weight is 348 g/mol. The van der Waals surface area contributed by atoms with Gasteiger partial charge in [-0.25, -0.2) is 4.98 Å². The minimum atomic E-state index is -0.908. The van der Waals surface area contributed by atoms with Crippen LogP contribution in [0, 0.1) is 11.3 Å². The fourth-order valence-corrected chi connectivity index (χ4v) is 2.96. The standard InChI is InChI=1S/C16H14ClN3O2S/c1-10(21)19-7-6-15(22)13(8-18)16-20-14(9-23-16)11-2-4-12(17)5-3-11/h2-5,9,13H,6-7H2,1H3,(H,19,21)/t13-/m1/s1. The predicted octanol–water partition coefficient (Wildman–Crippen LogP) is 3.17. The molecule has 118 valence electrons. The van der Waals surface area contributed by atoms with Gasteiger partial charge in [-0.1, -0.05) is 23.7 Å². The lowest BCUT2D eigenvalue weighted by atomic mass is 10.0. The van der Waals surface area contributed by atoms with Gasteiger partial charge >= 0.3 is 0 Å². The number of thiazole rings is 1. The molecule has 7 heteroatoms. The first-order valence-electron chi connectivity index (χ1n) is 6.89. The van der Waals surface area contributed by atoms with Crippen molar-refractivity contribution in [1.82, 2.24) is 10.3 Å². The molecule has 2 aromatic rings. The van der Waals surface area contributed by atoms with Crippen LogP contribution in [0.2, 0.25) is 5.02 Å². The summed E-state index contributed by atoms with van der Waals surface area (Å²) in [5.41, 5.74) is 1.58. The Morgan fingerprint density at radius 3 is 2.70 bits per heavy atom. The highest BCUT2D eigenvalue weighted by Gasteiger charge is 2.23. The van der Waals surface area contributed by atoms with Gasteiger partial charge in [0.05, 0.1) is 11.8 Å². The van der Waals surface area contributed by atoms with Crippen molar-refractivity contribution in [2.45, 2.75) is 19.3 Å². The van der Waals surface area contributed by atoms with Gasteiger partial charge in [-0.15, -0.1) is 11.3 Å². The number of ketones is 1. The van der Waals surface area contributed by atoms with E-state index in [1.54, 1.807) is 12.1 Å².